The van der Waals surface area contributed by atoms with Crippen molar-refractivity contribution in [1.82, 2.24) is 4.57 Å². The van der Waals surface area contributed by atoms with E-state index in [0.717, 1.165) is 91.6 Å². The molecule has 77 heavy (non-hydrogen) atoms. The van der Waals surface area contributed by atoms with Crippen molar-refractivity contribution in [1.29, 1.82) is 0 Å². The Morgan fingerprint density at radius 3 is 2.04 bits per heavy atom. The molecular formula is C72H47N3OS. The van der Waals surface area contributed by atoms with Crippen molar-refractivity contribution in [2.45, 2.75) is 25.2 Å². The van der Waals surface area contributed by atoms with E-state index in [0.29, 0.717) is 5.84 Å². The van der Waals surface area contributed by atoms with Crippen LogP contribution in [0.5, 0.6) is 0 Å². The predicted molar refractivity (Wildman–Crippen MR) is 326 cm³/mol. The van der Waals surface area contributed by atoms with Gasteiger partial charge < -0.3 is 8.98 Å². The molecule has 0 bridgehead atoms. The second-order valence-corrected chi connectivity index (χ2v) is 21.9. The van der Waals surface area contributed by atoms with E-state index >= 15 is 0 Å². The van der Waals surface area contributed by atoms with Crippen LogP contribution in [0, 0.1) is 0 Å². The zero-order chi connectivity index (χ0) is 50.7. The molecule has 0 N–H and O–H groups in total. The molecule has 1 aliphatic heterocycles. The number of allylic oxidation sites excluding steroid dienone is 2. The lowest BCUT2D eigenvalue weighted by molar-refractivity contribution is 0.669. The Bertz CT molecular complexity index is 4930. The van der Waals surface area contributed by atoms with Crippen molar-refractivity contribution in [3.05, 3.63) is 270 Å². The Labute approximate surface area is 448 Å². The average molecular weight is 1000 g/mol. The van der Waals surface area contributed by atoms with Crippen LogP contribution in [0.1, 0.15) is 52.1 Å². The van der Waals surface area contributed by atoms with Gasteiger partial charge in [0.1, 0.15) is 11.2 Å². The average Bonchev–Trinajstić information content (AvgIpc) is 4.17. The third-order valence-corrected chi connectivity index (χ3v) is 17.5. The van der Waals surface area contributed by atoms with Crippen LogP contribution in [-0.2, 0) is 6.42 Å². The summed E-state index contributed by atoms with van der Waals surface area (Å²) in [6.07, 6.45) is 4.58. The van der Waals surface area contributed by atoms with Crippen molar-refractivity contribution in [2.75, 3.05) is 0 Å². The van der Waals surface area contributed by atoms with Gasteiger partial charge in [0.05, 0.1) is 22.4 Å². The number of fused-ring (bicyclic) bond motifs is 14. The van der Waals surface area contributed by atoms with Crippen LogP contribution in [0.4, 0.5) is 0 Å². The number of hydrogen-bond donors (Lipinski definition) is 0. The lowest BCUT2D eigenvalue weighted by Gasteiger charge is -2.31. The molecule has 11 aromatic carbocycles. The normalized spacial score (nSPS) is 16.9. The van der Waals surface area contributed by atoms with Gasteiger partial charge >= 0.3 is 0 Å². The number of aromatic nitrogens is 1. The molecule has 1 unspecified atom stereocenters. The van der Waals surface area contributed by atoms with Gasteiger partial charge in [-0.25, -0.2) is 9.98 Å². The minimum Gasteiger partial charge on any atom is -0.456 e. The molecule has 3 aromatic heterocycles. The molecule has 1 aliphatic carbocycles. The molecule has 16 rings (SSSR count). The zero-order valence-electron chi connectivity index (χ0n) is 42.0. The standard InChI is InChI=1S/C72H47N3OS/c1-43-53-22-9-10-23-54(53)59-35-44-16-5-6-17-45(44)36-60(59)58(43)39-51-34-50(42-70-71(51)62-37-46-18-7-8-19-47(46)41-69(62)77-70)64-27-15-26-63(48-31-33-68-61(38-48)57-25-12-14-29-67(57)76-68)73-72(74-64)49-30-32-56-55-24-11-13-28-65(55)75(66(56)40-49)52-20-3-2-4-21-52/h2-14,16-26,28-38,40-42,58H,1,15,27,39H2/b63-26-,73-72-,74-64+. The summed E-state index contributed by atoms with van der Waals surface area (Å²) in [4.78, 5) is 11.5. The zero-order valence-corrected chi connectivity index (χ0v) is 42.8. The molecule has 14 aromatic rings. The molecule has 0 amide bonds. The first kappa shape index (κ1) is 43.9. The molecule has 2 aliphatic rings. The van der Waals surface area contributed by atoms with Crippen molar-refractivity contribution in [2.24, 2.45) is 9.98 Å². The monoisotopic (exact) mass is 1000 g/mol. The second kappa shape index (κ2) is 17.3. The number of para-hydroxylation sites is 3. The number of aliphatic imine (C=N–C) groups is 2. The fraction of sp³-hybridized carbons (Fsp3) is 0.0556. The van der Waals surface area contributed by atoms with Crippen molar-refractivity contribution in [3.63, 3.8) is 0 Å². The van der Waals surface area contributed by atoms with E-state index in [1.807, 2.05) is 23.5 Å². The number of benzene rings is 11. The minimum absolute atomic E-state index is 0.0491. The third-order valence-electron chi connectivity index (χ3n) is 16.4. The van der Waals surface area contributed by atoms with Gasteiger partial charge in [0, 0.05) is 64.4 Å². The Morgan fingerprint density at radius 1 is 0.494 bits per heavy atom. The van der Waals surface area contributed by atoms with Gasteiger partial charge in [0.15, 0.2) is 5.84 Å². The molecule has 4 nitrogen and oxygen atoms in total. The third kappa shape index (κ3) is 7.11. The maximum absolute atomic E-state index is 6.31. The SMILES string of the molecule is C=C1c2ccccc2-c2cc3ccccc3cc2C1Cc1cc(/C2=N/C(c3ccc4c5ccccc5n(-c5ccccc5)c4c3)=N\C(c3ccc4oc5ccccc5c4c3)=C/CC2)cc2sc3cc4ccccc4cc3c12. The molecule has 4 heterocycles. The van der Waals surface area contributed by atoms with E-state index in [9.17, 15) is 0 Å². The van der Waals surface area contributed by atoms with Gasteiger partial charge in [0.25, 0.3) is 0 Å². The Hall–Kier alpha value is -9.42. The molecular weight excluding hydrogens is 955 g/mol. The van der Waals surface area contributed by atoms with Crippen molar-refractivity contribution < 1.29 is 4.42 Å². The molecule has 0 saturated heterocycles. The fourth-order valence-electron chi connectivity index (χ4n) is 12.7. The smallest absolute Gasteiger partial charge is 0.160 e. The largest absolute Gasteiger partial charge is 0.456 e. The maximum Gasteiger partial charge on any atom is 0.160 e. The molecule has 1 atom stereocenters. The van der Waals surface area contributed by atoms with Gasteiger partial charge in [-0.15, -0.1) is 11.3 Å². The highest BCUT2D eigenvalue weighted by Crippen LogP contribution is 2.50. The van der Waals surface area contributed by atoms with Gasteiger partial charge in [-0.1, -0.05) is 152 Å². The summed E-state index contributed by atoms with van der Waals surface area (Å²) in [5, 5.41) is 12.2. The maximum atomic E-state index is 6.31. The minimum atomic E-state index is 0.0491. The summed E-state index contributed by atoms with van der Waals surface area (Å²) in [5.41, 5.74) is 17.7. The van der Waals surface area contributed by atoms with E-state index in [1.165, 1.54) is 80.3 Å². The quantitative estimate of drug-likeness (QED) is 0.164. The first-order chi connectivity index (χ1) is 38.0. The highest BCUT2D eigenvalue weighted by molar-refractivity contribution is 7.26. The second-order valence-electron chi connectivity index (χ2n) is 20.8. The highest BCUT2D eigenvalue weighted by atomic mass is 32.1. The van der Waals surface area contributed by atoms with E-state index in [2.05, 4.69) is 223 Å². The fourth-order valence-corrected chi connectivity index (χ4v) is 13.9. The Kier molecular flexibility index (Phi) is 9.88. The van der Waals surface area contributed by atoms with Crippen LogP contribution in [0.15, 0.2) is 252 Å². The molecule has 0 fully saturated rings. The summed E-state index contributed by atoms with van der Waals surface area (Å²) >= 11 is 1.89. The summed E-state index contributed by atoms with van der Waals surface area (Å²) in [5.74, 6) is 0.727. The van der Waals surface area contributed by atoms with Gasteiger partial charge in [-0.05, 0) is 165 Å². The molecule has 0 radical (unpaired) electrons. The van der Waals surface area contributed by atoms with E-state index in [4.69, 9.17) is 21.0 Å². The van der Waals surface area contributed by atoms with Crippen LogP contribution in [0.2, 0.25) is 0 Å². The lowest BCUT2D eigenvalue weighted by Crippen LogP contribution is -2.14. The van der Waals surface area contributed by atoms with E-state index < -0.39 is 0 Å². The Balaban J connectivity index is 0.911. The van der Waals surface area contributed by atoms with Crippen LogP contribution < -0.4 is 0 Å². The van der Waals surface area contributed by atoms with Crippen molar-refractivity contribution >= 4 is 120 Å². The van der Waals surface area contributed by atoms with E-state index in [1.54, 1.807) is 0 Å². The predicted octanol–water partition coefficient (Wildman–Crippen LogP) is 19.4. The van der Waals surface area contributed by atoms with Gasteiger partial charge in [-0.3, -0.25) is 0 Å². The van der Waals surface area contributed by atoms with Crippen LogP contribution in [0.25, 0.3) is 114 Å². The van der Waals surface area contributed by atoms with Gasteiger partial charge in [-0.2, -0.15) is 0 Å². The number of amidine groups is 1. The summed E-state index contributed by atoms with van der Waals surface area (Å²) in [6, 6.07) is 81.8. The Morgan fingerprint density at radius 2 is 1.18 bits per heavy atom. The summed E-state index contributed by atoms with van der Waals surface area (Å²) in [6.45, 7) is 4.93. The first-order valence-electron chi connectivity index (χ1n) is 26.6. The summed E-state index contributed by atoms with van der Waals surface area (Å²) < 4.78 is 11.2. The highest BCUT2D eigenvalue weighted by Gasteiger charge is 2.30. The van der Waals surface area contributed by atoms with E-state index in [-0.39, 0.29) is 5.92 Å². The van der Waals surface area contributed by atoms with Crippen LogP contribution in [-0.4, -0.2) is 16.1 Å². The van der Waals surface area contributed by atoms with Crippen molar-refractivity contribution in [3.8, 4) is 16.8 Å². The number of thiophene rings is 1. The number of rotatable bonds is 6. The topological polar surface area (TPSA) is 42.8 Å². The molecule has 5 heteroatoms. The summed E-state index contributed by atoms with van der Waals surface area (Å²) in [7, 11) is 0. The van der Waals surface area contributed by atoms with Crippen LogP contribution >= 0.6 is 11.3 Å². The molecule has 0 spiro atoms. The number of furan rings is 1. The number of nitrogens with zero attached hydrogens (tertiary/aromatic N) is 3. The van der Waals surface area contributed by atoms with Gasteiger partial charge in [0.2, 0.25) is 0 Å². The lowest BCUT2D eigenvalue weighted by atomic mass is 9.72. The van der Waals surface area contributed by atoms with Crippen LogP contribution in [0.3, 0.4) is 0 Å². The first-order valence-corrected chi connectivity index (χ1v) is 27.4. The molecule has 362 valence electrons. The number of hydrogen-bond acceptors (Lipinski definition) is 4. The molecule has 0 saturated carbocycles.